The third-order valence-electron chi connectivity index (χ3n) is 5.81. The number of ether oxygens (including phenoxy) is 2. The zero-order valence-corrected chi connectivity index (χ0v) is 19.8. The molecule has 1 aliphatic heterocycles. The second kappa shape index (κ2) is 9.69. The molecule has 3 aromatic rings. The number of fused-ring (bicyclic) bond motifs is 1. The molecular weight excluding hydrogens is 458 g/mol. The van der Waals surface area contributed by atoms with Crippen molar-refractivity contribution in [1.29, 1.82) is 0 Å². The number of anilines is 1. The van der Waals surface area contributed by atoms with Crippen molar-refractivity contribution >= 4 is 46.1 Å². The number of imide groups is 1. The summed E-state index contributed by atoms with van der Waals surface area (Å²) in [5.74, 6) is -0.446. The van der Waals surface area contributed by atoms with E-state index in [0.717, 1.165) is 33.3 Å². The molecule has 0 aliphatic carbocycles. The highest BCUT2D eigenvalue weighted by molar-refractivity contribution is 6.31. The number of piperidine rings is 1. The Kier molecular flexibility index (Phi) is 6.70. The third-order valence-corrected chi connectivity index (χ3v) is 6.22. The van der Waals surface area contributed by atoms with Gasteiger partial charge in [-0.1, -0.05) is 23.7 Å². The van der Waals surface area contributed by atoms with Crippen LogP contribution in [0.1, 0.15) is 41.1 Å². The summed E-state index contributed by atoms with van der Waals surface area (Å²) >= 11 is 6.15. The van der Waals surface area contributed by atoms with E-state index in [1.807, 2.05) is 38.1 Å². The second-order valence-corrected chi connectivity index (χ2v) is 8.60. The second-order valence-electron chi connectivity index (χ2n) is 8.20. The van der Waals surface area contributed by atoms with Gasteiger partial charge in [-0.15, -0.1) is 0 Å². The van der Waals surface area contributed by atoms with Gasteiger partial charge in [-0.25, -0.2) is 4.79 Å². The van der Waals surface area contributed by atoms with E-state index in [0.29, 0.717) is 29.3 Å². The van der Waals surface area contributed by atoms with Gasteiger partial charge in [-0.3, -0.25) is 25.2 Å². The van der Waals surface area contributed by atoms with Crippen LogP contribution in [0.15, 0.2) is 36.4 Å². The molecule has 2 heterocycles. The van der Waals surface area contributed by atoms with Crippen LogP contribution in [0, 0.1) is 13.8 Å². The SMILES string of the molecule is COc1cc(C)c(Cl)cc1NC(=O)OCc1ccc2cc(C3CCC(=O)NC3=O)c(C)nc2c1. The van der Waals surface area contributed by atoms with Crippen molar-refractivity contribution in [3.8, 4) is 5.75 Å². The average molecular weight is 482 g/mol. The van der Waals surface area contributed by atoms with Crippen LogP contribution in [0.2, 0.25) is 5.02 Å². The molecule has 2 aromatic carbocycles. The number of pyridine rings is 1. The predicted octanol–water partition coefficient (Wildman–Crippen LogP) is 4.78. The number of hydrogen-bond acceptors (Lipinski definition) is 6. The van der Waals surface area contributed by atoms with Crippen molar-refractivity contribution in [1.82, 2.24) is 10.3 Å². The van der Waals surface area contributed by atoms with E-state index in [2.05, 4.69) is 15.6 Å². The summed E-state index contributed by atoms with van der Waals surface area (Å²) in [6.07, 6.45) is 0.138. The van der Waals surface area contributed by atoms with Crippen LogP contribution in [-0.4, -0.2) is 30.0 Å². The summed E-state index contributed by atoms with van der Waals surface area (Å²) in [7, 11) is 1.51. The van der Waals surface area contributed by atoms with Crippen LogP contribution >= 0.6 is 11.6 Å². The Morgan fingerprint density at radius 2 is 2.00 bits per heavy atom. The van der Waals surface area contributed by atoms with E-state index in [1.165, 1.54) is 7.11 Å². The molecule has 9 heteroatoms. The van der Waals surface area contributed by atoms with E-state index in [1.54, 1.807) is 12.1 Å². The topological polar surface area (TPSA) is 107 Å². The maximum Gasteiger partial charge on any atom is 0.412 e. The molecule has 34 heavy (non-hydrogen) atoms. The number of hydrogen-bond donors (Lipinski definition) is 2. The van der Waals surface area contributed by atoms with Crippen LogP contribution in [0.3, 0.4) is 0 Å². The van der Waals surface area contributed by atoms with E-state index in [9.17, 15) is 14.4 Å². The Morgan fingerprint density at radius 3 is 2.74 bits per heavy atom. The van der Waals surface area contributed by atoms with Crippen molar-refractivity contribution < 1.29 is 23.9 Å². The minimum absolute atomic E-state index is 0.0410. The lowest BCUT2D eigenvalue weighted by Crippen LogP contribution is -2.39. The summed E-state index contributed by atoms with van der Waals surface area (Å²) < 4.78 is 10.7. The standard InChI is InChI=1S/C25H24ClN3O5/c1-13-8-22(33-3)21(11-19(13)26)28-25(32)34-12-15-4-5-16-10-18(14(2)27-20(16)9-15)17-6-7-23(30)29-24(17)31/h4-5,8-11,17H,6-7,12H2,1-3H3,(H,28,32)(H,29,30,31). The molecule has 1 aromatic heterocycles. The van der Waals surface area contributed by atoms with Crippen LogP contribution in [0.4, 0.5) is 10.5 Å². The Balaban J connectivity index is 1.46. The van der Waals surface area contributed by atoms with E-state index in [4.69, 9.17) is 21.1 Å². The summed E-state index contributed by atoms with van der Waals surface area (Å²) in [6, 6.07) is 10.8. The fourth-order valence-electron chi connectivity index (χ4n) is 3.97. The molecule has 3 amide bonds. The van der Waals surface area contributed by atoms with Gasteiger partial charge in [-0.05, 0) is 61.2 Å². The number of benzene rings is 2. The molecule has 1 aliphatic rings. The minimum Gasteiger partial charge on any atom is -0.495 e. The van der Waals surface area contributed by atoms with Crippen LogP contribution in [-0.2, 0) is 20.9 Å². The molecule has 1 saturated heterocycles. The highest BCUT2D eigenvalue weighted by Crippen LogP contribution is 2.32. The molecule has 0 spiro atoms. The number of aromatic nitrogens is 1. The van der Waals surface area contributed by atoms with Crippen molar-refractivity contribution in [3.63, 3.8) is 0 Å². The summed E-state index contributed by atoms with van der Waals surface area (Å²) in [5, 5.41) is 6.41. The Hall–Kier alpha value is -3.65. The number of halogens is 1. The van der Waals surface area contributed by atoms with Crippen LogP contribution in [0.5, 0.6) is 5.75 Å². The molecule has 1 unspecified atom stereocenters. The number of rotatable bonds is 5. The summed E-state index contributed by atoms with van der Waals surface area (Å²) in [5.41, 5.74) is 4.27. The molecular formula is C25H24ClN3O5. The number of amides is 3. The average Bonchev–Trinajstić information content (AvgIpc) is 2.79. The minimum atomic E-state index is -0.643. The normalized spacial score (nSPS) is 15.7. The molecule has 176 valence electrons. The zero-order chi connectivity index (χ0) is 24.4. The predicted molar refractivity (Wildman–Crippen MR) is 128 cm³/mol. The molecule has 1 atom stereocenters. The Morgan fingerprint density at radius 1 is 1.21 bits per heavy atom. The lowest BCUT2D eigenvalue weighted by Gasteiger charge is -2.22. The smallest absolute Gasteiger partial charge is 0.412 e. The van der Waals surface area contributed by atoms with Crippen molar-refractivity contribution in [2.45, 2.75) is 39.2 Å². The number of nitrogens with one attached hydrogen (secondary N) is 2. The molecule has 8 nitrogen and oxygen atoms in total. The Labute approximate surface area is 201 Å². The van der Waals surface area contributed by atoms with Crippen molar-refractivity contribution in [2.75, 3.05) is 12.4 Å². The fourth-order valence-corrected chi connectivity index (χ4v) is 4.14. The monoisotopic (exact) mass is 481 g/mol. The highest BCUT2D eigenvalue weighted by Gasteiger charge is 2.29. The van der Waals surface area contributed by atoms with Gasteiger partial charge in [0, 0.05) is 22.5 Å². The van der Waals surface area contributed by atoms with Gasteiger partial charge in [-0.2, -0.15) is 0 Å². The largest absolute Gasteiger partial charge is 0.495 e. The summed E-state index contributed by atoms with van der Waals surface area (Å²) in [4.78, 5) is 40.7. The van der Waals surface area contributed by atoms with E-state index < -0.39 is 12.0 Å². The number of aryl methyl sites for hydroxylation is 2. The third kappa shape index (κ3) is 4.97. The quantitative estimate of drug-likeness (QED) is 0.508. The van der Waals surface area contributed by atoms with Gasteiger partial charge < -0.3 is 9.47 Å². The number of methoxy groups -OCH3 is 1. The van der Waals surface area contributed by atoms with Crippen LogP contribution in [0.25, 0.3) is 10.9 Å². The Bertz CT molecular complexity index is 1310. The first kappa shape index (κ1) is 23.5. The summed E-state index contributed by atoms with van der Waals surface area (Å²) in [6.45, 7) is 3.73. The zero-order valence-electron chi connectivity index (χ0n) is 19.0. The highest BCUT2D eigenvalue weighted by atomic mass is 35.5. The first-order valence-corrected chi connectivity index (χ1v) is 11.1. The number of carbonyl (C=O) groups is 3. The van der Waals surface area contributed by atoms with Gasteiger partial charge in [0.1, 0.15) is 12.4 Å². The van der Waals surface area contributed by atoms with Crippen LogP contribution < -0.4 is 15.4 Å². The molecule has 0 saturated carbocycles. The van der Waals surface area contributed by atoms with Gasteiger partial charge in [0.15, 0.2) is 0 Å². The van der Waals surface area contributed by atoms with Crippen molar-refractivity contribution in [3.05, 3.63) is 63.8 Å². The maximum atomic E-state index is 12.3. The maximum absolute atomic E-state index is 12.3. The van der Waals surface area contributed by atoms with Gasteiger partial charge in [0.25, 0.3) is 0 Å². The van der Waals surface area contributed by atoms with E-state index in [-0.39, 0.29) is 18.4 Å². The molecule has 1 fully saturated rings. The molecule has 4 rings (SSSR count). The lowest BCUT2D eigenvalue weighted by molar-refractivity contribution is -0.134. The van der Waals surface area contributed by atoms with Gasteiger partial charge >= 0.3 is 6.09 Å². The molecule has 0 radical (unpaired) electrons. The van der Waals surface area contributed by atoms with E-state index >= 15 is 0 Å². The fraction of sp³-hybridized carbons (Fsp3) is 0.280. The number of nitrogens with zero attached hydrogens (tertiary/aromatic N) is 1. The van der Waals surface area contributed by atoms with Gasteiger partial charge in [0.05, 0.1) is 24.2 Å². The first-order chi connectivity index (χ1) is 16.2. The lowest BCUT2D eigenvalue weighted by atomic mass is 9.89. The first-order valence-electron chi connectivity index (χ1n) is 10.8. The molecule has 2 N–H and O–H groups in total. The number of carbonyl (C=O) groups excluding carboxylic acids is 3. The van der Waals surface area contributed by atoms with Gasteiger partial charge in [0.2, 0.25) is 11.8 Å². The molecule has 0 bridgehead atoms. The van der Waals surface area contributed by atoms with Crippen molar-refractivity contribution in [2.24, 2.45) is 0 Å².